The van der Waals surface area contributed by atoms with Gasteiger partial charge in [-0.05, 0) is 68.8 Å². The van der Waals surface area contributed by atoms with Crippen molar-refractivity contribution in [2.45, 2.75) is 70.4 Å². The molecule has 1 aliphatic carbocycles. The van der Waals surface area contributed by atoms with Crippen molar-refractivity contribution in [2.24, 2.45) is 5.92 Å². The molecule has 4 rings (SSSR count). The van der Waals surface area contributed by atoms with Crippen molar-refractivity contribution >= 4 is 39.4 Å². The van der Waals surface area contributed by atoms with E-state index in [1.807, 2.05) is 6.07 Å². The van der Waals surface area contributed by atoms with E-state index < -0.39 is 12.1 Å². The van der Waals surface area contributed by atoms with Crippen LogP contribution < -0.4 is 21.3 Å². The van der Waals surface area contributed by atoms with E-state index >= 15 is 0 Å². The summed E-state index contributed by atoms with van der Waals surface area (Å²) in [6.07, 6.45) is 7.77. The summed E-state index contributed by atoms with van der Waals surface area (Å²) in [5, 5.41) is 12.3. The summed E-state index contributed by atoms with van der Waals surface area (Å²) in [6.45, 7) is 9.03. The molecule has 1 aliphatic heterocycles. The number of carbonyl (C=O) groups excluding carboxylic acids is 3. The number of nitrogens with zero attached hydrogens (tertiary/aromatic N) is 2. The van der Waals surface area contributed by atoms with Crippen LogP contribution >= 0.6 is 11.3 Å². The first-order valence-corrected chi connectivity index (χ1v) is 15.0. The number of likely N-dealkylation sites (tertiary alicyclic amines) is 1. The molecule has 0 bridgehead atoms. The Labute approximate surface area is 235 Å². The molecule has 10 heteroatoms. The molecular formula is C29H42N6O3S. The zero-order valence-corrected chi connectivity index (χ0v) is 24.0. The Morgan fingerprint density at radius 3 is 2.56 bits per heavy atom. The topological polar surface area (TPSA) is 115 Å². The highest BCUT2D eigenvalue weighted by Crippen LogP contribution is 2.28. The standard InChI is InChI=1S/C29H42N6O3S/c1-4-20-11-12-22-25(15-20)39-26(32-22)16-23(34-29(38)30-3)28(37)33-24(21-9-5-6-10-21)17-31-27(36)19(2)18-35-13-7-8-14-35/h11-12,15,21,23-24H,2,4-10,13-14,16-18H2,1,3H3,(H,31,36)(H,33,37)(H2,30,34,38)/t23-,24+/m0/s1. The third kappa shape index (κ3) is 8.02. The Balaban J connectivity index is 1.42. The van der Waals surface area contributed by atoms with Crippen LogP contribution in [0.4, 0.5) is 4.79 Å². The zero-order chi connectivity index (χ0) is 27.8. The van der Waals surface area contributed by atoms with E-state index in [-0.39, 0.29) is 30.2 Å². The smallest absolute Gasteiger partial charge is 0.315 e. The lowest BCUT2D eigenvalue weighted by Gasteiger charge is -2.28. The Morgan fingerprint density at radius 2 is 1.87 bits per heavy atom. The number of hydrogen-bond donors (Lipinski definition) is 4. The van der Waals surface area contributed by atoms with Gasteiger partial charge in [0.25, 0.3) is 0 Å². The van der Waals surface area contributed by atoms with Crippen LogP contribution in [0.5, 0.6) is 0 Å². The molecule has 1 saturated heterocycles. The highest BCUT2D eigenvalue weighted by Gasteiger charge is 2.31. The van der Waals surface area contributed by atoms with E-state index in [0.717, 1.165) is 73.3 Å². The molecule has 2 heterocycles. The van der Waals surface area contributed by atoms with Gasteiger partial charge >= 0.3 is 6.03 Å². The number of carbonyl (C=O) groups is 3. The Kier molecular flexibility index (Phi) is 10.3. The maximum absolute atomic E-state index is 13.6. The molecule has 4 amide bonds. The normalized spacial score (nSPS) is 17.6. The van der Waals surface area contributed by atoms with Gasteiger partial charge in [-0.1, -0.05) is 32.4 Å². The fraction of sp³-hybridized carbons (Fsp3) is 0.586. The SMILES string of the molecule is C=C(CN1CCCC1)C(=O)NC[C@@H](NC(=O)[C@H](Cc1nc2ccc(CC)cc2s1)NC(=O)NC)C1CCCC1. The molecule has 0 spiro atoms. The molecular weight excluding hydrogens is 512 g/mol. The molecule has 1 aromatic carbocycles. The second-order valence-corrected chi connectivity index (χ2v) is 11.8. The fourth-order valence-electron chi connectivity index (χ4n) is 5.53. The van der Waals surface area contributed by atoms with Crippen LogP contribution in [-0.4, -0.2) is 73.0 Å². The zero-order valence-electron chi connectivity index (χ0n) is 23.2. The summed E-state index contributed by atoms with van der Waals surface area (Å²) >= 11 is 1.55. The minimum absolute atomic E-state index is 0.167. The van der Waals surface area contributed by atoms with Crippen LogP contribution in [0.25, 0.3) is 10.2 Å². The summed E-state index contributed by atoms with van der Waals surface area (Å²) in [7, 11) is 1.53. The maximum atomic E-state index is 13.6. The summed E-state index contributed by atoms with van der Waals surface area (Å²) in [5.74, 6) is -0.161. The van der Waals surface area contributed by atoms with Gasteiger partial charge in [0.2, 0.25) is 11.8 Å². The highest BCUT2D eigenvalue weighted by atomic mass is 32.1. The molecule has 2 aliphatic rings. The molecule has 2 atom stereocenters. The van der Waals surface area contributed by atoms with Crippen molar-refractivity contribution < 1.29 is 14.4 Å². The first kappa shape index (κ1) is 29.0. The number of nitrogens with one attached hydrogen (secondary N) is 4. The number of hydrogen-bond acceptors (Lipinski definition) is 6. The van der Waals surface area contributed by atoms with E-state index in [9.17, 15) is 14.4 Å². The Morgan fingerprint density at radius 1 is 1.13 bits per heavy atom. The summed E-state index contributed by atoms with van der Waals surface area (Å²) in [5.41, 5.74) is 2.68. The summed E-state index contributed by atoms with van der Waals surface area (Å²) < 4.78 is 1.07. The maximum Gasteiger partial charge on any atom is 0.315 e. The van der Waals surface area contributed by atoms with Gasteiger partial charge in [-0.2, -0.15) is 0 Å². The fourth-order valence-corrected chi connectivity index (χ4v) is 6.60. The molecule has 1 aromatic heterocycles. The van der Waals surface area contributed by atoms with Gasteiger partial charge in [-0.3, -0.25) is 14.5 Å². The van der Waals surface area contributed by atoms with Gasteiger partial charge in [-0.25, -0.2) is 9.78 Å². The quantitative estimate of drug-likeness (QED) is 0.301. The van der Waals surface area contributed by atoms with E-state index in [4.69, 9.17) is 4.98 Å². The third-order valence-corrected chi connectivity index (χ3v) is 8.89. The number of rotatable bonds is 12. The second kappa shape index (κ2) is 13.9. The average molecular weight is 555 g/mol. The number of amides is 4. The first-order chi connectivity index (χ1) is 18.9. The minimum Gasteiger partial charge on any atom is -0.350 e. The van der Waals surface area contributed by atoms with Gasteiger partial charge < -0.3 is 21.3 Å². The second-order valence-electron chi connectivity index (χ2n) is 10.7. The van der Waals surface area contributed by atoms with E-state index in [2.05, 4.69) is 51.8 Å². The molecule has 1 saturated carbocycles. The molecule has 39 heavy (non-hydrogen) atoms. The molecule has 2 aromatic rings. The van der Waals surface area contributed by atoms with Crippen LogP contribution in [0.1, 0.15) is 56.0 Å². The van der Waals surface area contributed by atoms with Crippen LogP contribution in [0.2, 0.25) is 0 Å². The van der Waals surface area contributed by atoms with Crippen molar-refractivity contribution in [3.63, 3.8) is 0 Å². The van der Waals surface area contributed by atoms with Gasteiger partial charge in [0, 0.05) is 38.2 Å². The predicted octanol–water partition coefficient (Wildman–Crippen LogP) is 3.14. The van der Waals surface area contributed by atoms with Crippen LogP contribution in [0.3, 0.4) is 0 Å². The van der Waals surface area contributed by atoms with Gasteiger partial charge in [0.05, 0.1) is 15.2 Å². The number of aryl methyl sites for hydroxylation is 1. The molecule has 0 radical (unpaired) electrons. The van der Waals surface area contributed by atoms with Gasteiger partial charge in [0.1, 0.15) is 6.04 Å². The number of aromatic nitrogens is 1. The van der Waals surface area contributed by atoms with Gasteiger partial charge in [-0.15, -0.1) is 11.3 Å². The van der Waals surface area contributed by atoms with E-state index in [1.54, 1.807) is 11.3 Å². The van der Waals surface area contributed by atoms with Crippen molar-refractivity contribution in [3.8, 4) is 0 Å². The van der Waals surface area contributed by atoms with Crippen molar-refractivity contribution in [1.29, 1.82) is 0 Å². The van der Waals surface area contributed by atoms with Crippen molar-refractivity contribution in [1.82, 2.24) is 31.2 Å². The molecule has 2 fully saturated rings. The minimum atomic E-state index is -0.791. The van der Waals surface area contributed by atoms with Crippen LogP contribution in [0, 0.1) is 5.92 Å². The van der Waals surface area contributed by atoms with Crippen molar-refractivity contribution in [3.05, 3.63) is 40.9 Å². The highest BCUT2D eigenvalue weighted by molar-refractivity contribution is 7.18. The summed E-state index contributed by atoms with van der Waals surface area (Å²) in [6, 6.07) is 4.77. The summed E-state index contributed by atoms with van der Waals surface area (Å²) in [4.78, 5) is 45.6. The van der Waals surface area contributed by atoms with Crippen LogP contribution in [0.15, 0.2) is 30.4 Å². The van der Waals surface area contributed by atoms with Gasteiger partial charge in [0.15, 0.2) is 0 Å². The largest absolute Gasteiger partial charge is 0.350 e. The number of benzene rings is 1. The lowest BCUT2D eigenvalue weighted by molar-refractivity contribution is -0.124. The number of fused-ring (bicyclic) bond motifs is 1. The lowest BCUT2D eigenvalue weighted by atomic mass is 9.97. The Hall–Kier alpha value is -2.98. The van der Waals surface area contributed by atoms with E-state index in [1.165, 1.54) is 12.6 Å². The van der Waals surface area contributed by atoms with Crippen LogP contribution in [-0.2, 0) is 22.4 Å². The first-order valence-electron chi connectivity index (χ1n) is 14.2. The van der Waals surface area contributed by atoms with E-state index in [0.29, 0.717) is 18.7 Å². The predicted molar refractivity (Wildman–Crippen MR) is 156 cm³/mol. The monoisotopic (exact) mass is 554 g/mol. The van der Waals surface area contributed by atoms with Crippen molar-refractivity contribution in [2.75, 3.05) is 33.2 Å². The molecule has 4 N–H and O–H groups in total. The lowest BCUT2D eigenvalue weighted by Crippen LogP contribution is -2.56. The molecule has 9 nitrogen and oxygen atoms in total. The number of thiazole rings is 1. The molecule has 212 valence electrons. The molecule has 0 unspecified atom stereocenters. The number of urea groups is 1. The average Bonchev–Trinajstić information content (AvgIpc) is 3.72. The Bertz CT molecular complexity index is 1170. The third-order valence-electron chi connectivity index (χ3n) is 7.85.